The van der Waals surface area contributed by atoms with Gasteiger partial charge in [0.15, 0.2) is 0 Å². The Bertz CT molecular complexity index is 1260. The highest BCUT2D eigenvalue weighted by Gasteiger charge is 2.23. The molecule has 1 fully saturated rings. The van der Waals surface area contributed by atoms with Crippen LogP contribution in [0.1, 0.15) is 10.4 Å². The number of carbonyl (C=O) groups is 1. The topological polar surface area (TPSA) is 36.4 Å². The van der Waals surface area contributed by atoms with E-state index in [2.05, 4.69) is 4.90 Å². The zero-order valence-electron chi connectivity index (χ0n) is 17.3. The van der Waals surface area contributed by atoms with Crippen LogP contribution in [0.15, 0.2) is 78.9 Å². The molecule has 4 aromatic rings. The number of halogens is 2. The molecule has 1 saturated heterocycles. The fourth-order valence-electron chi connectivity index (χ4n) is 4.09. The highest BCUT2D eigenvalue weighted by molar-refractivity contribution is 5.95. The predicted octanol–water partition coefficient (Wildman–Crippen LogP) is 5.14. The van der Waals surface area contributed by atoms with E-state index < -0.39 is 0 Å². The number of hydrogen-bond donors (Lipinski definition) is 0. The summed E-state index contributed by atoms with van der Waals surface area (Å²) in [5.41, 5.74) is 3.22. The first-order valence-electron chi connectivity index (χ1n) is 10.5. The van der Waals surface area contributed by atoms with E-state index in [1.54, 1.807) is 17.0 Å². The van der Waals surface area contributed by atoms with Gasteiger partial charge in [-0.3, -0.25) is 4.79 Å². The number of aromatic nitrogens is 1. The molecule has 0 bridgehead atoms. The van der Waals surface area contributed by atoms with Crippen molar-refractivity contribution in [1.82, 2.24) is 9.88 Å². The van der Waals surface area contributed by atoms with Crippen LogP contribution in [0.25, 0.3) is 22.0 Å². The Morgan fingerprint density at radius 3 is 2.09 bits per heavy atom. The van der Waals surface area contributed by atoms with Gasteiger partial charge in [-0.15, -0.1) is 0 Å². The van der Waals surface area contributed by atoms with Crippen LogP contribution in [0.4, 0.5) is 14.6 Å². The van der Waals surface area contributed by atoms with E-state index in [9.17, 15) is 13.6 Å². The Labute approximate surface area is 184 Å². The molecule has 0 N–H and O–H groups in total. The summed E-state index contributed by atoms with van der Waals surface area (Å²) in [5.74, 6) is 0.139. The van der Waals surface area contributed by atoms with E-state index in [4.69, 9.17) is 4.98 Å². The van der Waals surface area contributed by atoms with E-state index in [0.717, 1.165) is 27.8 Å². The second kappa shape index (κ2) is 8.38. The minimum absolute atomic E-state index is 0.0882. The summed E-state index contributed by atoms with van der Waals surface area (Å²) >= 11 is 0. The molecule has 1 amide bonds. The fourth-order valence-corrected chi connectivity index (χ4v) is 4.09. The van der Waals surface area contributed by atoms with E-state index in [0.29, 0.717) is 31.7 Å². The molecule has 2 heterocycles. The maximum absolute atomic E-state index is 13.4. The Morgan fingerprint density at radius 2 is 1.41 bits per heavy atom. The van der Waals surface area contributed by atoms with Gasteiger partial charge in [-0.1, -0.05) is 30.3 Å². The number of carbonyl (C=O) groups excluding carboxylic acids is 1. The average Bonchev–Trinajstić information content (AvgIpc) is 2.84. The summed E-state index contributed by atoms with van der Waals surface area (Å²) in [6.07, 6.45) is 0. The van der Waals surface area contributed by atoms with Crippen molar-refractivity contribution < 1.29 is 13.6 Å². The van der Waals surface area contributed by atoms with Gasteiger partial charge < -0.3 is 9.80 Å². The van der Waals surface area contributed by atoms with Crippen LogP contribution < -0.4 is 4.90 Å². The van der Waals surface area contributed by atoms with Crippen molar-refractivity contribution in [2.24, 2.45) is 0 Å². The zero-order valence-corrected chi connectivity index (χ0v) is 17.3. The molecule has 160 valence electrons. The number of benzene rings is 3. The van der Waals surface area contributed by atoms with Gasteiger partial charge >= 0.3 is 0 Å². The van der Waals surface area contributed by atoms with Crippen LogP contribution in [0, 0.1) is 11.6 Å². The lowest BCUT2D eigenvalue weighted by atomic mass is 10.0. The first kappa shape index (κ1) is 20.1. The van der Waals surface area contributed by atoms with Gasteiger partial charge in [0.25, 0.3) is 5.91 Å². The van der Waals surface area contributed by atoms with Crippen LogP contribution in [-0.4, -0.2) is 42.0 Å². The van der Waals surface area contributed by atoms with Crippen LogP contribution in [0.3, 0.4) is 0 Å². The molecule has 0 saturated carbocycles. The van der Waals surface area contributed by atoms with Gasteiger partial charge in [0.2, 0.25) is 0 Å². The van der Waals surface area contributed by atoms with E-state index in [-0.39, 0.29) is 17.5 Å². The molecule has 0 atom stereocenters. The smallest absolute Gasteiger partial charge is 0.253 e. The van der Waals surface area contributed by atoms with Gasteiger partial charge in [-0.2, -0.15) is 0 Å². The first-order valence-corrected chi connectivity index (χ1v) is 10.5. The second-order valence-electron chi connectivity index (χ2n) is 7.84. The summed E-state index contributed by atoms with van der Waals surface area (Å²) in [6.45, 7) is 2.44. The molecule has 32 heavy (non-hydrogen) atoms. The molecular formula is C26H21F2N3O. The highest BCUT2D eigenvalue weighted by atomic mass is 19.1. The summed E-state index contributed by atoms with van der Waals surface area (Å²) in [5, 5.41) is 1.01. The van der Waals surface area contributed by atoms with Crippen LogP contribution in [0.2, 0.25) is 0 Å². The Balaban J connectivity index is 1.36. The van der Waals surface area contributed by atoms with Crippen molar-refractivity contribution in [2.75, 3.05) is 31.1 Å². The standard InChI is InChI=1S/C26H21F2N3O/c27-21-9-4-18(5-10-21)23-3-1-2-19-8-13-24(29-25(19)23)30-14-16-31(17-15-30)26(32)20-6-11-22(28)12-7-20/h1-13H,14-17H2. The van der Waals surface area contributed by atoms with Crippen molar-refractivity contribution >= 4 is 22.6 Å². The first-order chi connectivity index (χ1) is 15.6. The van der Waals surface area contributed by atoms with Gasteiger partial charge in [0.05, 0.1) is 5.52 Å². The number of pyridine rings is 1. The molecule has 6 heteroatoms. The minimum Gasteiger partial charge on any atom is -0.353 e. The maximum atomic E-state index is 13.4. The van der Waals surface area contributed by atoms with Crippen LogP contribution >= 0.6 is 0 Å². The Morgan fingerprint density at radius 1 is 0.750 bits per heavy atom. The van der Waals surface area contributed by atoms with E-state index in [1.165, 1.54) is 36.4 Å². The lowest BCUT2D eigenvalue weighted by Gasteiger charge is -2.35. The zero-order chi connectivity index (χ0) is 22.1. The van der Waals surface area contributed by atoms with E-state index >= 15 is 0 Å². The van der Waals surface area contributed by atoms with Gasteiger partial charge in [0.1, 0.15) is 17.5 Å². The van der Waals surface area contributed by atoms with Gasteiger partial charge in [-0.05, 0) is 54.1 Å². The third-order valence-corrected chi connectivity index (χ3v) is 5.84. The average molecular weight is 429 g/mol. The molecule has 4 nitrogen and oxygen atoms in total. The summed E-state index contributed by atoms with van der Waals surface area (Å²) in [4.78, 5) is 21.6. The Hall–Kier alpha value is -3.80. The van der Waals surface area contributed by atoms with Crippen molar-refractivity contribution in [3.05, 3.63) is 96.1 Å². The number of para-hydroxylation sites is 1. The van der Waals surface area contributed by atoms with Crippen molar-refractivity contribution in [2.45, 2.75) is 0 Å². The van der Waals surface area contributed by atoms with Crippen molar-refractivity contribution in [3.63, 3.8) is 0 Å². The third-order valence-electron chi connectivity index (χ3n) is 5.84. The molecule has 1 aliphatic rings. The Kier molecular flexibility index (Phi) is 5.27. The van der Waals surface area contributed by atoms with Gasteiger partial charge in [-0.25, -0.2) is 13.8 Å². The van der Waals surface area contributed by atoms with Gasteiger partial charge in [0, 0.05) is 42.7 Å². The second-order valence-corrected chi connectivity index (χ2v) is 7.84. The molecule has 0 aliphatic carbocycles. The summed E-state index contributed by atoms with van der Waals surface area (Å²) < 4.78 is 26.5. The van der Waals surface area contributed by atoms with E-state index in [1.807, 2.05) is 30.3 Å². The molecule has 0 unspecified atom stereocenters. The van der Waals surface area contributed by atoms with Crippen molar-refractivity contribution in [1.29, 1.82) is 0 Å². The molecule has 3 aromatic carbocycles. The number of nitrogens with zero attached hydrogens (tertiary/aromatic N) is 3. The fraction of sp³-hybridized carbons (Fsp3) is 0.154. The maximum Gasteiger partial charge on any atom is 0.253 e. The van der Waals surface area contributed by atoms with Crippen LogP contribution in [-0.2, 0) is 0 Å². The monoisotopic (exact) mass is 429 g/mol. The molecule has 0 spiro atoms. The number of amides is 1. The number of hydrogen-bond acceptors (Lipinski definition) is 3. The SMILES string of the molecule is O=C(c1ccc(F)cc1)N1CCN(c2ccc3cccc(-c4ccc(F)cc4)c3n2)CC1. The predicted molar refractivity (Wildman–Crippen MR) is 122 cm³/mol. The van der Waals surface area contributed by atoms with Crippen molar-refractivity contribution in [3.8, 4) is 11.1 Å². The quantitative estimate of drug-likeness (QED) is 0.452. The summed E-state index contributed by atoms with van der Waals surface area (Å²) in [6, 6.07) is 22.1. The normalized spacial score (nSPS) is 14.1. The number of anilines is 1. The van der Waals surface area contributed by atoms with Crippen LogP contribution in [0.5, 0.6) is 0 Å². The number of fused-ring (bicyclic) bond motifs is 1. The lowest BCUT2D eigenvalue weighted by Crippen LogP contribution is -2.49. The molecular weight excluding hydrogens is 408 g/mol. The molecule has 1 aromatic heterocycles. The molecule has 5 rings (SSSR count). The third kappa shape index (κ3) is 3.91. The summed E-state index contributed by atoms with van der Waals surface area (Å²) in [7, 11) is 0. The molecule has 1 aliphatic heterocycles. The number of piperazine rings is 1. The highest BCUT2D eigenvalue weighted by Crippen LogP contribution is 2.29. The minimum atomic E-state index is -0.353. The lowest BCUT2D eigenvalue weighted by molar-refractivity contribution is 0.0746. The largest absolute Gasteiger partial charge is 0.353 e. The number of rotatable bonds is 3. The molecule has 0 radical (unpaired) electrons.